The summed E-state index contributed by atoms with van der Waals surface area (Å²) in [5.74, 6) is 1.65. The van der Waals surface area contributed by atoms with Gasteiger partial charge < -0.3 is 9.64 Å². The first-order valence-electron chi connectivity index (χ1n) is 10.9. The smallest absolute Gasteiger partial charge is 0.223 e. The maximum atomic E-state index is 13.7. The Morgan fingerprint density at radius 3 is 2.50 bits per heavy atom. The van der Waals surface area contributed by atoms with Gasteiger partial charge in [-0.2, -0.15) is 0 Å². The maximum Gasteiger partial charge on any atom is 0.223 e. The van der Waals surface area contributed by atoms with Crippen LogP contribution in [0.4, 0.5) is 4.39 Å². The fourth-order valence-electron chi connectivity index (χ4n) is 4.78. The number of morpholine rings is 1. The van der Waals surface area contributed by atoms with Crippen molar-refractivity contribution in [2.45, 2.75) is 44.9 Å². The molecular weight excluding hydrogens is 355 g/mol. The van der Waals surface area contributed by atoms with Crippen molar-refractivity contribution in [2.75, 3.05) is 45.9 Å². The number of aryl methyl sites for hydroxylation is 1. The topological polar surface area (TPSA) is 32.8 Å². The van der Waals surface area contributed by atoms with Crippen LogP contribution in [0, 0.1) is 24.6 Å². The Balaban J connectivity index is 1.29. The number of halogens is 1. The van der Waals surface area contributed by atoms with Crippen molar-refractivity contribution >= 4 is 5.91 Å². The average Bonchev–Trinajstić information content (AvgIpc) is 3.55. The van der Waals surface area contributed by atoms with E-state index >= 15 is 0 Å². The summed E-state index contributed by atoms with van der Waals surface area (Å²) in [4.78, 5) is 17.6. The molecule has 0 aromatic heterocycles. The van der Waals surface area contributed by atoms with Gasteiger partial charge in [-0.1, -0.05) is 12.1 Å². The minimum absolute atomic E-state index is 0.160. The van der Waals surface area contributed by atoms with Gasteiger partial charge in [0.15, 0.2) is 0 Å². The first-order valence-corrected chi connectivity index (χ1v) is 10.9. The lowest BCUT2D eigenvalue weighted by atomic mass is 9.88. The molecule has 5 heteroatoms. The van der Waals surface area contributed by atoms with Crippen LogP contribution in [-0.4, -0.2) is 61.6 Å². The van der Waals surface area contributed by atoms with Crippen LogP contribution in [0.3, 0.4) is 0 Å². The van der Waals surface area contributed by atoms with Gasteiger partial charge in [-0.3, -0.25) is 9.69 Å². The molecule has 0 N–H and O–H groups in total. The van der Waals surface area contributed by atoms with Gasteiger partial charge in [-0.15, -0.1) is 0 Å². The first-order chi connectivity index (χ1) is 13.6. The quantitative estimate of drug-likeness (QED) is 0.747. The van der Waals surface area contributed by atoms with Crippen molar-refractivity contribution in [3.63, 3.8) is 0 Å². The van der Waals surface area contributed by atoms with E-state index < -0.39 is 0 Å². The van der Waals surface area contributed by atoms with Crippen molar-refractivity contribution in [3.8, 4) is 0 Å². The predicted molar refractivity (Wildman–Crippen MR) is 108 cm³/mol. The Morgan fingerprint density at radius 2 is 1.86 bits per heavy atom. The monoisotopic (exact) mass is 388 g/mol. The molecule has 4 rings (SSSR count). The molecule has 1 saturated carbocycles. The third-order valence-corrected chi connectivity index (χ3v) is 6.78. The molecule has 1 amide bonds. The Bertz CT molecular complexity index is 677. The minimum atomic E-state index is -0.160. The minimum Gasteiger partial charge on any atom is -0.379 e. The predicted octanol–water partition coefficient (Wildman–Crippen LogP) is 3.59. The van der Waals surface area contributed by atoms with E-state index in [1.807, 2.05) is 19.1 Å². The van der Waals surface area contributed by atoms with Crippen LogP contribution in [0.2, 0.25) is 0 Å². The molecule has 2 heterocycles. The summed E-state index contributed by atoms with van der Waals surface area (Å²) in [5.41, 5.74) is 1.82. The number of benzene rings is 1. The zero-order chi connectivity index (χ0) is 19.5. The summed E-state index contributed by atoms with van der Waals surface area (Å²) in [7, 11) is 0. The standard InChI is InChI=1S/C23H33FN2O2/c1-17-14-20(4-5-22(17)24)21(19-2-3-19)15-23(27)26-8-6-18(7-9-26)16-25-10-12-28-13-11-25/h4-5,14,18-19,21H,2-3,6-13,15-16H2,1H3. The molecular formula is C23H33FN2O2. The fourth-order valence-corrected chi connectivity index (χ4v) is 4.78. The number of ether oxygens (including phenoxy) is 1. The van der Waals surface area contributed by atoms with Gasteiger partial charge in [0.05, 0.1) is 13.2 Å². The number of amides is 1. The molecule has 28 heavy (non-hydrogen) atoms. The van der Waals surface area contributed by atoms with Crippen LogP contribution in [0.1, 0.15) is 49.1 Å². The highest BCUT2D eigenvalue weighted by Crippen LogP contribution is 2.45. The first kappa shape index (κ1) is 19.8. The van der Waals surface area contributed by atoms with Gasteiger partial charge in [0.1, 0.15) is 5.82 Å². The van der Waals surface area contributed by atoms with Crippen molar-refractivity contribution < 1.29 is 13.9 Å². The average molecular weight is 389 g/mol. The van der Waals surface area contributed by atoms with Crippen LogP contribution in [0.5, 0.6) is 0 Å². The fraction of sp³-hybridized carbons (Fsp3) is 0.696. The van der Waals surface area contributed by atoms with Gasteiger partial charge in [0.2, 0.25) is 5.91 Å². The number of rotatable bonds is 6. The number of hydrogen-bond acceptors (Lipinski definition) is 3. The molecule has 0 spiro atoms. The van der Waals surface area contributed by atoms with Crippen LogP contribution < -0.4 is 0 Å². The lowest BCUT2D eigenvalue weighted by Crippen LogP contribution is -2.44. The third-order valence-electron chi connectivity index (χ3n) is 6.78. The number of carbonyl (C=O) groups is 1. The highest BCUT2D eigenvalue weighted by Gasteiger charge is 2.35. The lowest BCUT2D eigenvalue weighted by molar-refractivity contribution is -0.133. The Hall–Kier alpha value is -1.46. The Labute approximate surface area is 168 Å². The molecule has 4 nitrogen and oxygen atoms in total. The molecule has 3 fully saturated rings. The van der Waals surface area contributed by atoms with Crippen LogP contribution in [0.15, 0.2) is 18.2 Å². The molecule has 0 bridgehead atoms. The second-order valence-corrected chi connectivity index (χ2v) is 8.89. The molecule has 1 aromatic rings. The molecule has 0 radical (unpaired) electrons. The van der Waals surface area contributed by atoms with Gasteiger partial charge in [-0.05, 0) is 67.6 Å². The zero-order valence-corrected chi connectivity index (χ0v) is 17.0. The van der Waals surface area contributed by atoms with E-state index in [2.05, 4.69) is 9.80 Å². The van der Waals surface area contributed by atoms with Gasteiger partial charge in [0.25, 0.3) is 0 Å². The van der Waals surface area contributed by atoms with Crippen molar-refractivity contribution in [1.29, 1.82) is 0 Å². The molecule has 1 atom stereocenters. The SMILES string of the molecule is Cc1cc(C(CC(=O)N2CCC(CN3CCOCC3)CC2)C2CC2)ccc1F. The highest BCUT2D eigenvalue weighted by molar-refractivity contribution is 5.77. The molecule has 1 aromatic carbocycles. The number of piperidine rings is 1. The lowest BCUT2D eigenvalue weighted by Gasteiger charge is -2.36. The van der Waals surface area contributed by atoms with E-state index in [4.69, 9.17) is 4.74 Å². The molecule has 1 aliphatic carbocycles. The second-order valence-electron chi connectivity index (χ2n) is 8.89. The molecule has 3 aliphatic rings. The van der Waals surface area contributed by atoms with E-state index in [0.717, 1.165) is 64.3 Å². The van der Waals surface area contributed by atoms with Gasteiger partial charge in [0, 0.05) is 39.1 Å². The largest absolute Gasteiger partial charge is 0.379 e. The van der Waals surface area contributed by atoms with E-state index in [1.54, 1.807) is 6.07 Å². The zero-order valence-electron chi connectivity index (χ0n) is 17.0. The van der Waals surface area contributed by atoms with Crippen molar-refractivity contribution in [3.05, 3.63) is 35.1 Å². The van der Waals surface area contributed by atoms with E-state index in [1.165, 1.54) is 12.8 Å². The summed E-state index contributed by atoms with van der Waals surface area (Å²) in [5, 5.41) is 0. The van der Waals surface area contributed by atoms with E-state index in [-0.39, 0.29) is 17.6 Å². The van der Waals surface area contributed by atoms with Crippen LogP contribution in [0.25, 0.3) is 0 Å². The van der Waals surface area contributed by atoms with Crippen molar-refractivity contribution in [2.24, 2.45) is 11.8 Å². The maximum absolute atomic E-state index is 13.7. The number of likely N-dealkylation sites (tertiary alicyclic amines) is 1. The van der Waals surface area contributed by atoms with Gasteiger partial charge in [-0.25, -0.2) is 4.39 Å². The van der Waals surface area contributed by atoms with Crippen molar-refractivity contribution in [1.82, 2.24) is 9.80 Å². The Kier molecular flexibility index (Phi) is 6.32. The number of hydrogen-bond donors (Lipinski definition) is 0. The molecule has 2 saturated heterocycles. The summed E-state index contributed by atoms with van der Waals surface area (Å²) in [6, 6.07) is 5.38. The second kappa shape index (κ2) is 8.91. The Morgan fingerprint density at radius 1 is 1.14 bits per heavy atom. The van der Waals surface area contributed by atoms with Gasteiger partial charge >= 0.3 is 0 Å². The van der Waals surface area contributed by atoms with E-state index in [0.29, 0.717) is 23.8 Å². The van der Waals surface area contributed by atoms with E-state index in [9.17, 15) is 9.18 Å². The molecule has 2 aliphatic heterocycles. The number of nitrogens with zero attached hydrogens (tertiary/aromatic N) is 2. The summed E-state index contributed by atoms with van der Waals surface area (Å²) in [6.45, 7) is 8.50. The summed E-state index contributed by atoms with van der Waals surface area (Å²) < 4.78 is 19.1. The molecule has 154 valence electrons. The normalized spacial score (nSPS) is 23.0. The highest BCUT2D eigenvalue weighted by atomic mass is 19.1. The van der Waals surface area contributed by atoms with Crippen LogP contribution in [-0.2, 0) is 9.53 Å². The van der Waals surface area contributed by atoms with Crippen LogP contribution >= 0.6 is 0 Å². The number of carbonyl (C=O) groups excluding carboxylic acids is 1. The third kappa shape index (κ3) is 4.93. The molecule has 1 unspecified atom stereocenters. The summed E-state index contributed by atoms with van der Waals surface area (Å²) in [6.07, 6.45) is 5.16. The summed E-state index contributed by atoms with van der Waals surface area (Å²) >= 11 is 0.